The summed E-state index contributed by atoms with van der Waals surface area (Å²) in [6, 6.07) is 15.2. The Morgan fingerprint density at radius 3 is 2.29 bits per heavy atom. The van der Waals surface area contributed by atoms with Gasteiger partial charge in [-0.15, -0.1) is 0 Å². The van der Waals surface area contributed by atoms with E-state index in [2.05, 4.69) is 6.92 Å². The van der Waals surface area contributed by atoms with Gasteiger partial charge in [-0.1, -0.05) is 43.7 Å². The first-order valence-corrected chi connectivity index (χ1v) is 7.16. The van der Waals surface area contributed by atoms with Gasteiger partial charge in [0.1, 0.15) is 17.1 Å². The molecule has 0 saturated carbocycles. The van der Waals surface area contributed by atoms with Crippen LogP contribution < -0.4 is 9.47 Å². The first kappa shape index (κ1) is 15.4. The van der Waals surface area contributed by atoms with Gasteiger partial charge in [-0.2, -0.15) is 0 Å². The highest BCUT2D eigenvalue weighted by molar-refractivity contribution is 5.48. The number of hydrogen-bond donors (Lipinski definition) is 1. The fourth-order valence-corrected chi connectivity index (χ4v) is 2.65. The minimum absolute atomic E-state index is 0.612. The molecule has 112 valence electrons. The lowest BCUT2D eigenvalue weighted by molar-refractivity contribution is 0.0671. The summed E-state index contributed by atoms with van der Waals surface area (Å²) >= 11 is 0. The number of ether oxygens (including phenoxy) is 2. The Morgan fingerprint density at radius 1 is 1.00 bits per heavy atom. The van der Waals surface area contributed by atoms with Crippen LogP contribution in [0.1, 0.15) is 30.9 Å². The monoisotopic (exact) mass is 286 g/mol. The van der Waals surface area contributed by atoms with E-state index in [4.69, 9.17) is 9.47 Å². The average molecular weight is 286 g/mol. The van der Waals surface area contributed by atoms with Crippen LogP contribution in [0.25, 0.3) is 0 Å². The highest BCUT2D eigenvalue weighted by Gasteiger charge is 2.33. The number of rotatable bonds is 6. The average Bonchev–Trinajstić information content (AvgIpc) is 2.55. The molecule has 0 aliphatic rings. The summed E-state index contributed by atoms with van der Waals surface area (Å²) in [5.74, 6) is 1.37. The van der Waals surface area contributed by atoms with E-state index in [0.717, 1.165) is 17.5 Å². The van der Waals surface area contributed by atoms with Crippen molar-refractivity contribution in [2.45, 2.75) is 25.4 Å². The van der Waals surface area contributed by atoms with Crippen molar-refractivity contribution in [3.63, 3.8) is 0 Å². The molecule has 0 bridgehead atoms. The number of methoxy groups -OCH3 is 2. The lowest BCUT2D eigenvalue weighted by Crippen LogP contribution is -2.27. The lowest BCUT2D eigenvalue weighted by Gasteiger charge is -2.30. The van der Waals surface area contributed by atoms with Gasteiger partial charge in [-0.3, -0.25) is 0 Å². The molecule has 3 nitrogen and oxygen atoms in total. The molecule has 1 N–H and O–H groups in total. The highest BCUT2D eigenvalue weighted by atomic mass is 16.5. The van der Waals surface area contributed by atoms with E-state index in [-0.39, 0.29) is 0 Å². The Morgan fingerprint density at radius 2 is 1.71 bits per heavy atom. The molecule has 0 amide bonds. The third-order valence-electron chi connectivity index (χ3n) is 3.72. The Hall–Kier alpha value is -2.00. The fraction of sp³-hybridized carbons (Fsp3) is 0.333. The SMILES string of the molecule is CCCC(O)(c1ccccc1)c1cc(OC)ccc1OC. The molecule has 0 saturated heterocycles. The van der Waals surface area contributed by atoms with Crippen LogP contribution >= 0.6 is 0 Å². The number of aliphatic hydroxyl groups is 1. The fourth-order valence-electron chi connectivity index (χ4n) is 2.65. The number of benzene rings is 2. The van der Waals surface area contributed by atoms with Gasteiger partial charge in [-0.25, -0.2) is 0 Å². The molecule has 2 rings (SSSR count). The molecule has 2 aromatic rings. The van der Waals surface area contributed by atoms with Crippen LogP contribution in [0, 0.1) is 0 Å². The zero-order valence-corrected chi connectivity index (χ0v) is 12.8. The van der Waals surface area contributed by atoms with E-state index in [1.807, 2.05) is 48.5 Å². The Labute approximate surface area is 126 Å². The van der Waals surface area contributed by atoms with Crippen molar-refractivity contribution in [1.29, 1.82) is 0 Å². The second kappa shape index (κ2) is 6.64. The van der Waals surface area contributed by atoms with Crippen molar-refractivity contribution in [2.75, 3.05) is 14.2 Å². The molecule has 0 aromatic heterocycles. The Balaban J connectivity index is 2.62. The molecule has 0 spiro atoms. The molecule has 1 atom stereocenters. The molecule has 0 aliphatic heterocycles. The van der Waals surface area contributed by atoms with Gasteiger partial charge >= 0.3 is 0 Å². The summed E-state index contributed by atoms with van der Waals surface area (Å²) in [6.07, 6.45) is 1.46. The van der Waals surface area contributed by atoms with Crippen molar-refractivity contribution in [3.05, 3.63) is 59.7 Å². The second-order valence-corrected chi connectivity index (χ2v) is 5.04. The minimum atomic E-state index is -1.09. The number of hydrogen-bond acceptors (Lipinski definition) is 3. The van der Waals surface area contributed by atoms with E-state index in [1.165, 1.54) is 0 Å². The standard InChI is InChI=1S/C18H22O3/c1-4-12-18(19,14-8-6-5-7-9-14)16-13-15(20-2)10-11-17(16)21-3/h5-11,13,19H,4,12H2,1-3H3. The van der Waals surface area contributed by atoms with E-state index >= 15 is 0 Å². The lowest BCUT2D eigenvalue weighted by atomic mass is 9.82. The van der Waals surface area contributed by atoms with Gasteiger partial charge in [-0.05, 0) is 30.2 Å². The molecule has 0 aliphatic carbocycles. The van der Waals surface area contributed by atoms with Crippen LogP contribution in [0.15, 0.2) is 48.5 Å². The summed E-state index contributed by atoms with van der Waals surface area (Å²) in [4.78, 5) is 0. The topological polar surface area (TPSA) is 38.7 Å². The second-order valence-electron chi connectivity index (χ2n) is 5.04. The smallest absolute Gasteiger partial charge is 0.125 e. The predicted octanol–water partition coefficient (Wildman–Crippen LogP) is 3.74. The van der Waals surface area contributed by atoms with Crippen molar-refractivity contribution in [3.8, 4) is 11.5 Å². The van der Waals surface area contributed by atoms with Crippen LogP contribution in [0.3, 0.4) is 0 Å². The van der Waals surface area contributed by atoms with E-state index in [9.17, 15) is 5.11 Å². The molecule has 0 heterocycles. The quantitative estimate of drug-likeness (QED) is 0.879. The van der Waals surface area contributed by atoms with E-state index in [1.54, 1.807) is 14.2 Å². The van der Waals surface area contributed by atoms with Gasteiger partial charge in [0.15, 0.2) is 0 Å². The van der Waals surface area contributed by atoms with Crippen LogP contribution in [0.4, 0.5) is 0 Å². The summed E-state index contributed by atoms with van der Waals surface area (Å²) in [5.41, 5.74) is 0.506. The first-order valence-electron chi connectivity index (χ1n) is 7.16. The van der Waals surface area contributed by atoms with Crippen molar-refractivity contribution in [2.24, 2.45) is 0 Å². The molecular weight excluding hydrogens is 264 g/mol. The van der Waals surface area contributed by atoms with Gasteiger partial charge in [0.2, 0.25) is 0 Å². The van der Waals surface area contributed by atoms with Gasteiger partial charge < -0.3 is 14.6 Å². The maximum absolute atomic E-state index is 11.4. The maximum Gasteiger partial charge on any atom is 0.125 e. The Kier molecular flexibility index (Phi) is 4.86. The molecule has 0 fully saturated rings. The van der Waals surface area contributed by atoms with Crippen LogP contribution in [-0.4, -0.2) is 19.3 Å². The van der Waals surface area contributed by atoms with Gasteiger partial charge in [0, 0.05) is 5.56 Å². The molecular formula is C18H22O3. The van der Waals surface area contributed by atoms with Crippen LogP contribution in [0.5, 0.6) is 11.5 Å². The Bertz CT molecular complexity index is 580. The molecule has 21 heavy (non-hydrogen) atoms. The normalized spacial score (nSPS) is 13.5. The summed E-state index contributed by atoms with van der Waals surface area (Å²) in [5, 5.41) is 11.4. The van der Waals surface area contributed by atoms with Crippen molar-refractivity contribution < 1.29 is 14.6 Å². The summed E-state index contributed by atoms with van der Waals surface area (Å²) < 4.78 is 10.7. The zero-order chi connectivity index (χ0) is 15.3. The van der Waals surface area contributed by atoms with Gasteiger partial charge in [0.25, 0.3) is 0 Å². The van der Waals surface area contributed by atoms with Crippen LogP contribution in [-0.2, 0) is 5.60 Å². The predicted molar refractivity (Wildman–Crippen MR) is 83.9 cm³/mol. The summed E-state index contributed by atoms with van der Waals surface area (Å²) in [6.45, 7) is 2.06. The first-order chi connectivity index (χ1) is 10.2. The molecule has 1 unspecified atom stereocenters. The third kappa shape index (κ3) is 3.03. The van der Waals surface area contributed by atoms with Crippen molar-refractivity contribution >= 4 is 0 Å². The minimum Gasteiger partial charge on any atom is -0.497 e. The summed E-state index contributed by atoms with van der Waals surface area (Å²) in [7, 11) is 3.23. The molecule has 0 radical (unpaired) electrons. The largest absolute Gasteiger partial charge is 0.497 e. The molecule has 3 heteroatoms. The third-order valence-corrected chi connectivity index (χ3v) is 3.72. The van der Waals surface area contributed by atoms with Gasteiger partial charge in [0.05, 0.1) is 14.2 Å². The molecule has 2 aromatic carbocycles. The van der Waals surface area contributed by atoms with Crippen LogP contribution in [0.2, 0.25) is 0 Å². The van der Waals surface area contributed by atoms with Crippen molar-refractivity contribution in [1.82, 2.24) is 0 Å². The van der Waals surface area contributed by atoms with E-state index < -0.39 is 5.60 Å². The highest BCUT2D eigenvalue weighted by Crippen LogP contribution is 2.40. The zero-order valence-electron chi connectivity index (χ0n) is 12.8. The van der Waals surface area contributed by atoms with E-state index in [0.29, 0.717) is 17.9 Å². The maximum atomic E-state index is 11.4.